The first kappa shape index (κ1) is 18.3. The molecule has 0 aliphatic heterocycles. The Labute approximate surface area is 133 Å². The van der Waals surface area contributed by atoms with Gasteiger partial charge in [-0.1, -0.05) is 12.1 Å². The van der Waals surface area contributed by atoms with Crippen LogP contribution in [-0.2, 0) is 5.75 Å². The molecular weight excluding hydrogens is 282 g/mol. The van der Waals surface area contributed by atoms with Crippen LogP contribution in [0.1, 0.15) is 12.5 Å². The summed E-state index contributed by atoms with van der Waals surface area (Å²) in [5.74, 6) is 3.05. The van der Waals surface area contributed by atoms with E-state index >= 15 is 0 Å². The molecule has 0 unspecified atom stereocenters. The van der Waals surface area contributed by atoms with Crippen LogP contribution < -0.4 is 20.7 Å². The number of likely N-dealkylation sites (N-methyl/N-ethyl adjacent to an activating group) is 2. The highest BCUT2D eigenvalue weighted by atomic mass is 32.2. The normalized spacial score (nSPS) is 13.9. The van der Waals surface area contributed by atoms with Crippen LogP contribution in [-0.4, -0.2) is 52.1 Å². The Bertz CT molecular complexity index is 372. The van der Waals surface area contributed by atoms with Gasteiger partial charge in [0.15, 0.2) is 0 Å². The minimum atomic E-state index is 0.493. The van der Waals surface area contributed by atoms with Gasteiger partial charge in [-0.25, -0.2) is 0 Å². The molecule has 0 spiro atoms. The van der Waals surface area contributed by atoms with E-state index in [1.54, 1.807) is 7.11 Å². The zero-order valence-corrected chi connectivity index (χ0v) is 14.4. The van der Waals surface area contributed by atoms with Gasteiger partial charge in [0, 0.05) is 36.7 Å². The molecule has 0 aromatic heterocycles. The maximum atomic E-state index is 5.17. The summed E-state index contributed by atoms with van der Waals surface area (Å²) in [4.78, 5) is 0. The molecule has 0 bridgehead atoms. The van der Waals surface area contributed by atoms with Crippen LogP contribution in [0.4, 0.5) is 0 Å². The Morgan fingerprint density at radius 1 is 1.14 bits per heavy atom. The fourth-order valence-corrected chi connectivity index (χ4v) is 3.12. The molecule has 1 aromatic rings. The van der Waals surface area contributed by atoms with E-state index in [1.807, 2.05) is 38.0 Å². The monoisotopic (exact) mass is 311 g/mol. The smallest absolute Gasteiger partial charge is 0.118 e. The highest BCUT2D eigenvalue weighted by Crippen LogP contribution is 2.17. The Kier molecular flexibility index (Phi) is 9.50. The van der Waals surface area contributed by atoms with Crippen molar-refractivity contribution in [2.45, 2.75) is 24.8 Å². The molecule has 0 saturated carbocycles. The predicted molar refractivity (Wildman–Crippen MR) is 93.4 cm³/mol. The summed E-state index contributed by atoms with van der Waals surface area (Å²) in [6.45, 7) is 4.19. The molecule has 4 nitrogen and oxygen atoms in total. The average Bonchev–Trinajstić information content (AvgIpc) is 2.51. The predicted octanol–water partition coefficient (Wildman–Crippen LogP) is 1.71. The van der Waals surface area contributed by atoms with Gasteiger partial charge >= 0.3 is 0 Å². The maximum Gasteiger partial charge on any atom is 0.118 e. The minimum absolute atomic E-state index is 0.493. The first-order valence-electron chi connectivity index (χ1n) is 7.45. The summed E-state index contributed by atoms with van der Waals surface area (Å²) in [7, 11) is 5.71. The van der Waals surface area contributed by atoms with Crippen molar-refractivity contribution in [3.63, 3.8) is 0 Å². The lowest BCUT2D eigenvalue weighted by Crippen LogP contribution is -2.44. The average molecular weight is 311 g/mol. The zero-order valence-electron chi connectivity index (χ0n) is 13.6. The second kappa shape index (κ2) is 10.9. The Morgan fingerprint density at radius 2 is 1.86 bits per heavy atom. The molecule has 120 valence electrons. The molecule has 2 atom stereocenters. The molecule has 0 amide bonds. The second-order valence-corrected chi connectivity index (χ2v) is 6.25. The van der Waals surface area contributed by atoms with Crippen LogP contribution in [0.25, 0.3) is 0 Å². The largest absolute Gasteiger partial charge is 0.497 e. The van der Waals surface area contributed by atoms with E-state index in [-0.39, 0.29) is 0 Å². The lowest BCUT2D eigenvalue weighted by Gasteiger charge is -2.20. The molecule has 3 N–H and O–H groups in total. The molecule has 0 aliphatic rings. The maximum absolute atomic E-state index is 5.17. The number of ether oxygens (including phenoxy) is 1. The van der Waals surface area contributed by atoms with E-state index < -0.39 is 0 Å². The van der Waals surface area contributed by atoms with E-state index in [9.17, 15) is 0 Å². The minimum Gasteiger partial charge on any atom is -0.497 e. The Balaban J connectivity index is 2.24. The molecule has 1 aromatic carbocycles. The van der Waals surface area contributed by atoms with Crippen molar-refractivity contribution >= 4 is 11.8 Å². The standard InChI is InChI=1S/C16H29N3OS/c1-13(9-17-2)19-10-15(18-3)12-21-11-14-5-7-16(20-4)8-6-14/h5-8,13,15,17-19H,9-12H2,1-4H3/t13-,15+/m0/s1. The summed E-state index contributed by atoms with van der Waals surface area (Å²) >= 11 is 1.96. The van der Waals surface area contributed by atoms with E-state index in [0.29, 0.717) is 12.1 Å². The van der Waals surface area contributed by atoms with Gasteiger partial charge in [-0.15, -0.1) is 0 Å². The number of benzene rings is 1. The van der Waals surface area contributed by atoms with Gasteiger partial charge in [0.1, 0.15) is 5.75 Å². The first-order chi connectivity index (χ1) is 10.2. The lowest BCUT2D eigenvalue weighted by molar-refractivity contribution is 0.414. The van der Waals surface area contributed by atoms with E-state index in [1.165, 1.54) is 5.56 Å². The molecule has 0 radical (unpaired) electrons. The Hall–Kier alpha value is -0.750. The van der Waals surface area contributed by atoms with Crippen LogP contribution in [0.15, 0.2) is 24.3 Å². The third kappa shape index (κ3) is 7.71. The number of hydrogen-bond donors (Lipinski definition) is 3. The summed E-state index contributed by atoms with van der Waals surface area (Å²) in [5, 5.41) is 10.1. The van der Waals surface area contributed by atoms with Gasteiger partial charge in [-0.3, -0.25) is 0 Å². The lowest BCUT2D eigenvalue weighted by atomic mass is 10.2. The van der Waals surface area contributed by atoms with Gasteiger partial charge in [-0.05, 0) is 38.7 Å². The van der Waals surface area contributed by atoms with Crippen molar-refractivity contribution in [1.29, 1.82) is 0 Å². The highest BCUT2D eigenvalue weighted by molar-refractivity contribution is 7.98. The molecule has 0 saturated heterocycles. The fraction of sp³-hybridized carbons (Fsp3) is 0.625. The molecule has 5 heteroatoms. The molecular formula is C16H29N3OS. The molecule has 0 aliphatic carbocycles. The molecule has 1 rings (SSSR count). The van der Waals surface area contributed by atoms with Crippen LogP contribution in [0.2, 0.25) is 0 Å². The summed E-state index contributed by atoms with van der Waals surface area (Å²) in [6.07, 6.45) is 0. The topological polar surface area (TPSA) is 45.3 Å². The SMILES string of the molecule is CNC[C@H](C)NC[C@H](CSCc1ccc(OC)cc1)NC. The van der Waals surface area contributed by atoms with Gasteiger partial charge in [0.05, 0.1) is 7.11 Å². The summed E-state index contributed by atoms with van der Waals surface area (Å²) < 4.78 is 5.17. The second-order valence-electron chi connectivity index (χ2n) is 5.22. The number of rotatable bonds is 11. The van der Waals surface area contributed by atoms with Crippen LogP contribution in [0, 0.1) is 0 Å². The Morgan fingerprint density at radius 3 is 2.43 bits per heavy atom. The van der Waals surface area contributed by atoms with Gasteiger partial charge in [0.25, 0.3) is 0 Å². The van der Waals surface area contributed by atoms with Crippen LogP contribution >= 0.6 is 11.8 Å². The van der Waals surface area contributed by atoms with Gasteiger partial charge < -0.3 is 20.7 Å². The fourth-order valence-electron chi connectivity index (χ4n) is 2.01. The molecule has 0 fully saturated rings. The summed E-state index contributed by atoms with van der Waals surface area (Å²) in [6, 6.07) is 9.30. The number of thioether (sulfide) groups is 1. The first-order valence-corrected chi connectivity index (χ1v) is 8.61. The number of nitrogens with one attached hydrogen (secondary N) is 3. The van der Waals surface area contributed by atoms with Gasteiger partial charge in [0.2, 0.25) is 0 Å². The highest BCUT2D eigenvalue weighted by Gasteiger charge is 2.08. The quantitative estimate of drug-likeness (QED) is 0.581. The number of methoxy groups -OCH3 is 1. The third-order valence-electron chi connectivity index (χ3n) is 3.38. The molecule has 21 heavy (non-hydrogen) atoms. The van der Waals surface area contributed by atoms with Crippen molar-refractivity contribution in [3.8, 4) is 5.75 Å². The third-order valence-corrected chi connectivity index (χ3v) is 4.55. The van der Waals surface area contributed by atoms with Crippen molar-refractivity contribution in [1.82, 2.24) is 16.0 Å². The van der Waals surface area contributed by atoms with Crippen molar-refractivity contribution in [2.75, 3.05) is 40.0 Å². The van der Waals surface area contributed by atoms with Crippen molar-refractivity contribution in [3.05, 3.63) is 29.8 Å². The van der Waals surface area contributed by atoms with Crippen LogP contribution in [0.3, 0.4) is 0 Å². The van der Waals surface area contributed by atoms with Crippen LogP contribution in [0.5, 0.6) is 5.75 Å². The van der Waals surface area contributed by atoms with Gasteiger partial charge in [-0.2, -0.15) is 11.8 Å². The number of hydrogen-bond acceptors (Lipinski definition) is 5. The van der Waals surface area contributed by atoms with E-state index in [4.69, 9.17) is 4.74 Å². The van der Waals surface area contributed by atoms with Crippen molar-refractivity contribution < 1.29 is 4.74 Å². The zero-order chi connectivity index (χ0) is 15.5. The summed E-state index contributed by atoms with van der Waals surface area (Å²) in [5.41, 5.74) is 1.34. The van der Waals surface area contributed by atoms with E-state index in [0.717, 1.165) is 30.3 Å². The van der Waals surface area contributed by atoms with E-state index in [2.05, 4.69) is 35.0 Å². The molecule has 0 heterocycles. The van der Waals surface area contributed by atoms with Crippen molar-refractivity contribution in [2.24, 2.45) is 0 Å².